The summed E-state index contributed by atoms with van der Waals surface area (Å²) >= 11 is 0. The van der Waals surface area contributed by atoms with Crippen molar-refractivity contribution in [2.45, 2.75) is 19.9 Å². The van der Waals surface area contributed by atoms with E-state index in [9.17, 15) is 4.39 Å². The van der Waals surface area contributed by atoms with E-state index in [4.69, 9.17) is 0 Å². The smallest absolute Gasteiger partial charge is 0.149 e. The van der Waals surface area contributed by atoms with E-state index in [-0.39, 0.29) is 11.9 Å². The summed E-state index contributed by atoms with van der Waals surface area (Å²) in [6, 6.07) is 9.79. The van der Waals surface area contributed by atoms with Gasteiger partial charge in [0.25, 0.3) is 0 Å². The summed E-state index contributed by atoms with van der Waals surface area (Å²) in [6.45, 7) is 5.03. The molecule has 1 aromatic carbocycles. The van der Waals surface area contributed by atoms with Gasteiger partial charge in [-0.1, -0.05) is 31.2 Å². The van der Waals surface area contributed by atoms with Gasteiger partial charge in [0.2, 0.25) is 0 Å². The first-order valence-corrected chi connectivity index (χ1v) is 6.16. The lowest BCUT2D eigenvalue weighted by molar-refractivity contribution is 0.597. The summed E-state index contributed by atoms with van der Waals surface area (Å²) in [6.07, 6.45) is 2.87. The molecule has 0 radical (unpaired) electrons. The monoisotopic (exact) mass is 244 g/mol. The van der Waals surface area contributed by atoms with Gasteiger partial charge >= 0.3 is 0 Å². The van der Waals surface area contributed by atoms with E-state index in [2.05, 4.69) is 24.1 Å². The number of hydrogen-bond acceptors (Lipinski definition) is 2. The third-order valence-corrected chi connectivity index (χ3v) is 3.00. The van der Waals surface area contributed by atoms with Gasteiger partial charge in [0.1, 0.15) is 5.82 Å². The molecule has 1 unspecified atom stereocenters. The third kappa shape index (κ3) is 2.57. The van der Waals surface area contributed by atoms with Gasteiger partial charge in [-0.05, 0) is 30.7 Å². The van der Waals surface area contributed by atoms with Crippen LogP contribution in [0, 0.1) is 5.82 Å². The van der Waals surface area contributed by atoms with E-state index >= 15 is 0 Å². The van der Waals surface area contributed by atoms with Crippen LogP contribution in [0.5, 0.6) is 0 Å². The Balaban J connectivity index is 2.48. The summed E-state index contributed by atoms with van der Waals surface area (Å²) in [5, 5.41) is 3.35. The molecule has 1 N–H and O–H groups in total. The Kier molecular flexibility index (Phi) is 4.05. The molecule has 1 aromatic heterocycles. The quantitative estimate of drug-likeness (QED) is 0.889. The zero-order valence-corrected chi connectivity index (χ0v) is 10.7. The highest BCUT2D eigenvalue weighted by molar-refractivity contribution is 5.68. The van der Waals surface area contributed by atoms with E-state index in [1.165, 1.54) is 6.20 Å². The predicted octanol–water partition coefficient (Wildman–Crippen LogP) is 3.56. The second-order valence-electron chi connectivity index (χ2n) is 4.22. The van der Waals surface area contributed by atoms with E-state index in [0.717, 1.165) is 17.7 Å². The molecular weight excluding hydrogens is 227 g/mol. The normalized spacial score (nSPS) is 12.4. The zero-order chi connectivity index (χ0) is 13.0. The molecule has 0 spiro atoms. The minimum atomic E-state index is -0.284. The molecular formula is C15H17FN2. The van der Waals surface area contributed by atoms with Gasteiger partial charge in [0.05, 0.1) is 6.20 Å². The number of halogens is 1. The fourth-order valence-corrected chi connectivity index (χ4v) is 2.13. The summed E-state index contributed by atoms with van der Waals surface area (Å²) in [4.78, 5) is 3.79. The van der Waals surface area contributed by atoms with Crippen molar-refractivity contribution in [3.8, 4) is 11.1 Å². The summed E-state index contributed by atoms with van der Waals surface area (Å²) in [5.41, 5.74) is 2.63. The maximum atomic E-state index is 13.8. The van der Waals surface area contributed by atoms with Gasteiger partial charge in [0.15, 0.2) is 0 Å². The average molecular weight is 244 g/mol. The van der Waals surface area contributed by atoms with Crippen molar-refractivity contribution >= 4 is 0 Å². The van der Waals surface area contributed by atoms with E-state index in [1.54, 1.807) is 12.3 Å². The fraction of sp³-hybridized carbons (Fsp3) is 0.267. The van der Waals surface area contributed by atoms with Crippen molar-refractivity contribution in [2.75, 3.05) is 6.54 Å². The molecule has 0 aliphatic carbocycles. The molecule has 0 amide bonds. The van der Waals surface area contributed by atoms with E-state index in [1.807, 2.05) is 24.3 Å². The van der Waals surface area contributed by atoms with Crippen molar-refractivity contribution in [3.63, 3.8) is 0 Å². The van der Waals surface area contributed by atoms with Crippen LogP contribution in [0.4, 0.5) is 4.39 Å². The van der Waals surface area contributed by atoms with Crippen LogP contribution in [0.1, 0.15) is 25.5 Å². The Morgan fingerprint density at radius 3 is 2.72 bits per heavy atom. The van der Waals surface area contributed by atoms with Crippen LogP contribution in [-0.2, 0) is 0 Å². The van der Waals surface area contributed by atoms with Crippen LogP contribution in [-0.4, -0.2) is 11.5 Å². The SMILES string of the molecule is CCNC(C)c1ccccc1-c1ccncc1F. The molecule has 2 aromatic rings. The topological polar surface area (TPSA) is 24.9 Å². The zero-order valence-electron chi connectivity index (χ0n) is 10.7. The Morgan fingerprint density at radius 2 is 2.00 bits per heavy atom. The van der Waals surface area contributed by atoms with Crippen LogP contribution in [0.15, 0.2) is 42.7 Å². The molecule has 1 atom stereocenters. The molecule has 2 nitrogen and oxygen atoms in total. The maximum Gasteiger partial charge on any atom is 0.149 e. The van der Waals surface area contributed by atoms with Crippen LogP contribution in [0.2, 0.25) is 0 Å². The molecule has 0 saturated carbocycles. The molecule has 0 aliphatic heterocycles. The summed E-state index contributed by atoms with van der Waals surface area (Å²) in [5.74, 6) is -0.284. The van der Waals surface area contributed by atoms with Gasteiger partial charge in [0, 0.05) is 17.8 Å². The van der Waals surface area contributed by atoms with Crippen molar-refractivity contribution in [1.29, 1.82) is 0 Å². The Morgan fingerprint density at radius 1 is 1.22 bits per heavy atom. The third-order valence-electron chi connectivity index (χ3n) is 3.00. The highest BCUT2D eigenvalue weighted by Gasteiger charge is 2.13. The van der Waals surface area contributed by atoms with Gasteiger partial charge < -0.3 is 5.32 Å². The first-order chi connectivity index (χ1) is 8.74. The Bertz CT molecular complexity index is 525. The van der Waals surface area contributed by atoms with Crippen molar-refractivity contribution in [2.24, 2.45) is 0 Å². The standard InChI is InChI=1S/C15H17FN2/c1-3-18-11(2)12-6-4-5-7-13(12)14-8-9-17-10-15(14)16/h4-11,18H,3H2,1-2H3. The van der Waals surface area contributed by atoms with Crippen LogP contribution in [0.3, 0.4) is 0 Å². The van der Waals surface area contributed by atoms with Gasteiger partial charge in [-0.15, -0.1) is 0 Å². The molecule has 2 rings (SSSR count). The fourth-order valence-electron chi connectivity index (χ4n) is 2.13. The van der Waals surface area contributed by atoms with Crippen molar-refractivity contribution in [1.82, 2.24) is 10.3 Å². The first kappa shape index (κ1) is 12.7. The van der Waals surface area contributed by atoms with Gasteiger partial charge in [-0.25, -0.2) is 4.39 Å². The summed E-state index contributed by atoms with van der Waals surface area (Å²) < 4.78 is 13.8. The van der Waals surface area contributed by atoms with Crippen molar-refractivity contribution in [3.05, 3.63) is 54.1 Å². The predicted molar refractivity (Wildman–Crippen MR) is 71.7 cm³/mol. The van der Waals surface area contributed by atoms with E-state index < -0.39 is 0 Å². The van der Waals surface area contributed by atoms with Gasteiger partial charge in [-0.2, -0.15) is 0 Å². The number of rotatable bonds is 4. The molecule has 18 heavy (non-hydrogen) atoms. The number of benzene rings is 1. The molecule has 0 fully saturated rings. The van der Waals surface area contributed by atoms with Gasteiger partial charge in [-0.3, -0.25) is 4.98 Å². The lowest BCUT2D eigenvalue weighted by Gasteiger charge is -2.17. The number of nitrogens with zero attached hydrogens (tertiary/aromatic N) is 1. The first-order valence-electron chi connectivity index (χ1n) is 6.16. The summed E-state index contributed by atoms with van der Waals surface area (Å²) in [7, 11) is 0. The highest BCUT2D eigenvalue weighted by atomic mass is 19.1. The minimum absolute atomic E-state index is 0.193. The molecule has 0 saturated heterocycles. The lowest BCUT2D eigenvalue weighted by atomic mass is 9.96. The van der Waals surface area contributed by atoms with Crippen LogP contribution < -0.4 is 5.32 Å². The highest BCUT2D eigenvalue weighted by Crippen LogP contribution is 2.29. The maximum absolute atomic E-state index is 13.8. The molecule has 3 heteroatoms. The van der Waals surface area contributed by atoms with E-state index in [0.29, 0.717) is 5.56 Å². The second kappa shape index (κ2) is 5.74. The Labute approximate surface area is 107 Å². The number of nitrogens with one attached hydrogen (secondary N) is 1. The largest absolute Gasteiger partial charge is 0.310 e. The molecule has 0 aliphatic rings. The lowest BCUT2D eigenvalue weighted by Crippen LogP contribution is -2.18. The molecule has 94 valence electrons. The molecule has 0 bridgehead atoms. The number of hydrogen-bond donors (Lipinski definition) is 1. The number of aromatic nitrogens is 1. The average Bonchev–Trinajstić information content (AvgIpc) is 2.40. The Hall–Kier alpha value is -1.74. The van der Waals surface area contributed by atoms with Crippen molar-refractivity contribution < 1.29 is 4.39 Å². The minimum Gasteiger partial charge on any atom is -0.310 e. The van der Waals surface area contributed by atoms with Crippen LogP contribution >= 0.6 is 0 Å². The molecule has 1 heterocycles. The number of pyridine rings is 1. The second-order valence-corrected chi connectivity index (χ2v) is 4.22. The van der Waals surface area contributed by atoms with Crippen LogP contribution in [0.25, 0.3) is 11.1 Å².